The van der Waals surface area contributed by atoms with Crippen LogP contribution in [0.3, 0.4) is 0 Å². The number of piperidine rings is 1. The number of aromatic nitrogens is 4. The van der Waals surface area contributed by atoms with Gasteiger partial charge in [-0.25, -0.2) is 4.98 Å². The smallest absolute Gasteiger partial charge is 0.167 e. The number of ether oxygens (including phenoxy) is 2. The Hall–Kier alpha value is -3.81. The van der Waals surface area contributed by atoms with E-state index in [0.29, 0.717) is 12.3 Å². The third-order valence-electron chi connectivity index (χ3n) is 7.78. The van der Waals surface area contributed by atoms with Gasteiger partial charge >= 0.3 is 0 Å². The summed E-state index contributed by atoms with van der Waals surface area (Å²) in [5.41, 5.74) is 4.56. The number of rotatable bonds is 8. The van der Waals surface area contributed by atoms with Gasteiger partial charge in [-0.3, -0.25) is 9.88 Å². The summed E-state index contributed by atoms with van der Waals surface area (Å²) in [6, 6.07) is 14.0. The van der Waals surface area contributed by atoms with Crippen LogP contribution in [0.1, 0.15) is 73.5 Å². The molecule has 0 amide bonds. The highest BCUT2D eigenvalue weighted by molar-refractivity contribution is 5.59. The third-order valence-corrected chi connectivity index (χ3v) is 7.78. The lowest BCUT2D eigenvalue weighted by molar-refractivity contribution is -0.188. The molecule has 6 rings (SSSR count). The predicted octanol–water partition coefficient (Wildman–Crippen LogP) is 4.94. The topological polar surface area (TPSA) is 98.7 Å². The Morgan fingerprint density at radius 3 is 2.55 bits per heavy atom. The van der Waals surface area contributed by atoms with Crippen LogP contribution < -0.4 is 0 Å². The van der Waals surface area contributed by atoms with Gasteiger partial charge in [-0.1, -0.05) is 17.0 Å². The average molecular weight is 568 g/mol. The van der Waals surface area contributed by atoms with Gasteiger partial charge in [0.25, 0.3) is 0 Å². The first-order valence-electron chi connectivity index (χ1n) is 14.8. The number of pyridine rings is 1. The lowest BCUT2D eigenvalue weighted by Gasteiger charge is -2.29. The Morgan fingerprint density at radius 1 is 0.976 bits per heavy atom. The van der Waals surface area contributed by atoms with Crippen molar-refractivity contribution in [2.45, 2.75) is 70.6 Å². The quantitative estimate of drug-likeness (QED) is 0.299. The zero-order valence-corrected chi connectivity index (χ0v) is 24.0. The molecule has 0 radical (unpaired) electrons. The number of aliphatic hydroxyl groups is 1. The van der Waals surface area contributed by atoms with Crippen LogP contribution in [0.2, 0.25) is 0 Å². The van der Waals surface area contributed by atoms with Gasteiger partial charge in [0.15, 0.2) is 12.1 Å². The van der Waals surface area contributed by atoms with Gasteiger partial charge in [-0.2, -0.15) is 0 Å². The normalized spacial score (nSPS) is 18.9. The molecule has 2 aliphatic heterocycles. The van der Waals surface area contributed by atoms with E-state index in [2.05, 4.69) is 31.9 Å². The standard InChI is InChI=1S/C33H37N5O4/c1-24(41-32-4-2-3-19-40-32)33-34-15-18-38(33)23-29-20-31(42-36-29)27-10-7-25(8-11-27)5-6-26-9-12-28(35-21-26)22-37-16-13-30(39)14-17-37/h7-12,15,18,20-21,24,30,32,39H,2-4,13-14,16-17,19,22-23H2,1H3/t24-,32?/m0/s1. The Bertz CT molecular complexity index is 1490. The summed E-state index contributed by atoms with van der Waals surface area (Å²) in [5, 5.41) is 14.0. The maximum atomic E-state index is 9.69. The fraction of sp³-hybridized carbons (Fsp3) is 0.424. The minimum Gasteiger partial charge on any atom is -0.393 e. The van der Waals surface area contributed by atoms with Gasteiger partial charge < -0.3 is 23.7 Å². The molecule has 1 N–H and O–H groups in total. The van der Waals surface area contributed by atoms with E-state index in [0.717, 1.165) is 92.2 Å². The zero-order chi connectivity index (χ0) is 28.7. The van der Waals surface area contributed by atoms with E-state index in [1.165, 1.54) is 0 Å². The summed E-state index contributed by atoms with van der Waals surface area (Å²) in [4.78, 5) is 11.4. The van der Waals surface area contributed by atoms with Gasteiger partial charge in [-0.05, 0) is 75.4 Å². The molecule has 3 aromatic heterocycles. The molecule has 4 aromatic rings. The fourth-order valence-corrected chi connectivity index (χ4v) is 5.38. The van der Waals surface area contributed by atoms with E-state index >= 15 is 0 Å². The minimum absolute atomic E-state index is 0.160. The molecule has 0 spiro atoms. The second kappa shape index (κ2) is 13.4. The largest absolute Gasteiger partial charge is 0.393 e. The van der Waals surface area contributed by atoms with Crippen LogP contribution >= 0.6 is 0 Å². The Balaban J connectivity index is 1.04. The Kier molecular flexibility index (Phi) is 9.06. The van der Waals surface area contributed by atoms with Crippen molar-refractivity contribution >= 4 is 0 Å². The average Bonchev–Trinajstić information content (AvgIpc) is 3.69. The Labute approximate surface area is 246 Å². The van der Waals surface area contributed by atoms with E-state index in [1.807, 2.05) is 66.3 Å². The van der Waals surface area contributed by atoms with E-state index < -0.39 is 0 Å². The number of aliphatic hydroxyl groups excluding tert-OH is 1. The number of hydrogen-bond acceptors (Lipinski definition) is 8. The second-order valence-electron chi connectivity index (χ2n) is 11.0. The number of hydrogen-bond donors (Lipinski definition) is 1. The molecular formula is C33H37N5O4. The van der Waals surface area contributed by atoms with Crippen molar-refractivity contribution in [1.82, 2.24) is 24.6 Å². The number of imidazole rings is 1. The molecule has 218 valence electrons. The lowest BCUT2D eigenvalue weighted by Crippen LogP contribution is -2.35. The lowest BCUT2D eigenvalue weighted by atomic mass is 10.1. The highest BCUT2D eigenvalue weighted by atomic mass is 16.7. The predicted molar refractivity (Wildman–Crippen MR) is 157 cm³/mol. The summed E-state index contributed by atoms with van der Waals surface area (Å²) in [5.74, 6) is 7.96. The van der Waals surface area contributed by atoms with Crippen molar-refractivity contribution in [2.24, 2.45) is 0 Å². The van der Waals surface area contributed by atoms with Crippen molar-refractivity contribution in [3.05, 3.63) is 89.4 Å². The van der Waals surface area contributed by atoms with Gasteiger partial charge in [-0.15, -0.1) is 0 Å². The van der Waals surface area contributed by atoms with Crippen LogP contribution in [-0.2, 0) is 22.6 Å². The monoisotopic (exact) mass is 567 g/mol. The zero-order valence-electron chi connectivity index (χ0n) is 24.0. The van der Waals surface area contributed by atoms with E-state index in [1.54, 1.807) is 6.20 Å². The molecular weight excluding hydrogens is 530 g/mol. The maximum absolute atomic E-state index is 9.69. The van der Waals surface area contributed by atoms with Gasteiger partial charge in [0, 0.05) is 67.6 Å². The first kappa shape index (κ1) is 28.3. The molecule has 2 fully saturated rings. The molecule has 0 bridgehead atoms. The highest BCUT2D eigenvalue weighted by Crippen LogP contribution is 2.25. The molecule has 9 nitrogen and oxygen atoms in total. The molecule has 9 heteroatoms. The summed E-state index contributed by atoms with van der Waals surface area (Å²) in [6.07, 6.45) is 9.82. The molecule has 2 atom stereocenters. The number of benzene rings is 1. The first-order chi connectivity index (χ1) is 20.6. The van der Waals surface area contributed by atoms with Crippen LogP contribution in [0.4, 0.5) is 0 Å². The molecule has 1 unspecified atom stereocenters. The summed E-state index contributed by atoms with van der Waals surface area (Å²) in [6.45, 7) is 5.91. The van der Waals surface area contributed by atoms with Crippen molar-refractivity contribution in [2.75, 3.05) is 19.7 Å². The van der Waals surface area contributed by atoms with Crippen LogP contribution in [0, 0.1) is 11.8 Å². The number of likely N-dealkylation sites (tertiary alicyclic amines) is 1. The molecule has 0 aliphatic carbocycles. The summed E-state index contributed by atoms with van der Waals surface area (Å²) >= 11 is 0. The SMILES string of the molecule is C[C@H](OC1CCCCO1)c1nccn1Cc1cc(-c2ccc(C#Cc3ccc(CN4CCC(O)CC4)nc3)cc2)on1. The van der Waals surface area contributed by atoms with Crippen LogP contribution in [0.15, 0.2) is 65.6 Å². The van der Waals surface area contributed by atoms with E-state index in [-0.39, 0.29) is 18.5 Å². The first-order valence-corrected chi connectivity index (χ1v) is 14.8. The summed E-state index contributed by atoms with van der Waals surface area (Å²) < 4.78 is 19.5. The molecule has 2 saturated heterocycles. The summed E-state index contributed by atoms with van der Waals surface area (Å²) in [7, 11) is 0. The maximum Gasteiger partial charge on any atom is 0.167 e. The number of nitrogens with zero attached hydrogens (tertiary/aromatic N) is 5. The van der Waals surface area contributed by atoms with E-state index in [9.17, 15) is 5.11 Å². The Morgan fingerprint density at radius 2 is 1.79 bits per heavy atom. The van der Waals surface area contributed by atoms with Crippen molar-refractivity contribution < 1.29 is 19.1 Å². The van der Waals surface area contributed by atoms with Crippen molar-refractivity contribution in [3.63, 3.8) is 0 Å². The fourth-order valence-electron chi connectivity index (χ4n) is 5.38. The molecule has 1 aromatic carbocycles. The van der Waals surface area contributed by atoms with Crippen LogP contribution in [0.5, 0.6) is 0 Å². The highest BCUT2D eigenvalue weighted by Gasteiger charge is 2.22. The van der Waals surface area contributed by atoms with Crippen LogP contribution in [0.25, 0.3) is 11.3 Å². The van der Waals surface area contributed by atoms with Crippen molar-refractivity contribution in [1.29, 1.82) is 0 Å². The molecule has 2 aliphatic rings. The van der Waals surface area contributed by atoms with E-state index in [4.69, 9.17) is 14.0 Å². The van der Waals surface area contributed by atoms with Gasteiger partial charge in [0.2, 0.25) is 0 Å². The van der Waals surface area contributed by atoms with Gasteiger partial charge in [0.1, 0.15) is 17.6 Å². The van der Waals surface area contributed by atoms with Gasteiger partial charge in [0.05, 0.1) is 18.3 Å². The van der Waals surface area contributed by atoms with Crippen LogP contribution in [-0.4, -0.2) is 61.8 Å². The van der Waals surface area contributed by atoms with Crippen molar-refractivity contribution in [3.8, 4) is 23.2 Å². The third kappa shape index (κ3) is 7.33. The molecule has 42 heavy (non-hydrogen) atoms. The molecule has 5 heterocycles. The second-order valence-corrected chi connectivity index (χ2v) is 11.0. The molecule has 0 saturated carbocycles. The minimum atomic E-state index is -0.188.